The van der Waals surface area contributed by atoms with Crippen molar-refractivity contribution in [1.82, 2.24) is 20.9 Å². The minimum atomic E-state index is -1.15. The first-order chi connectivity index (χ1) is 12.3. The van der Waals surface area contributed by atoms with Crippen molar-refractivity contribution in [3.05, 3.63) is 34.9 Å². The van der Waals surface area contributed by atoms with E-state index in [2.05, 4.69) is 16.0 Å². The molecule has 0 aromatic heterocycles. The molecule has 0 spiro atoms. The molecule has 0 saturated carbocycles. The van der Waals surface area contributed by atoms with Gasteiger partial charge in [0.25, 0.3) is 5.91 Å². The van der Waals surface area contributed by atoms with E-state index < -0.39 is 29.4 Å². The molecule has 3 rings (SSSR count). The fourth-order valence-electron chi connectivity index (χ4n) is 3.44. The molecule has 6 amide bonds. The fourth-order valence-corrected chi connectivity index (χ4v) is 3.44. The van der Waals surface area contributed by atoms with Crippen molar-refractivity contribution in [1.29, 1.82) is 0 Å². The number of carbonyl (C=O) groups is 4. The van der Waals surface area contributed by atoms with E-state index in [9.17, 15) is 19.2 Å². The average Bonchev–Trinajstić information content (AvgIpc) is 3.16. The molecular formula is C18H22N4O4. The molecule has 1 aromatic rings. The van der Waals surface area contributed by atoms with Gasteiger partial charge in [-0.1, -0.05) is 18.2 Å². The largest absolute Gasteiger partial charge is 0.341 e. The quantitative estimate of drug-likeness (QED) is 0.692. The molecule has 8 nitrogen and oxygen atoms in total. The Morgan fingerprint density at radius 2 is 1.96 bits per heavy atom. The lowest BCUT2D eigenvalue weighted by molar-refractivity contribution is -0.131. The molecule has 8 heteroatoms. The van der Waals surface area contributed by atoms with Gasteiger partial charge in [0.05, 0.1) is 0 Å². The number of hydrogen-bond donors (Lipinski definition) is 3. The van der Waals surface area contributed by atoms with Crippen molar-refractivity contribution < 1.29 is 19.2 Å². The molecule has 1 aliphatic heterocycles. The fraction of sp³-hybridized carbons (Fsp3) is 0.444. The first kappa shape index (κ1) is 17.9. The lowest BCUT2D eigenvalue weighted by Crippen LogP contribution is -2.42. The Labute approximate surface area is 151 Å². The highest BCUT2D eigenvalue weighted by Gasteiger charge is 2.49. The lowest BCUT2D eigenvalue weighted by atomic mass is 9.89. The van der Waals surface area contributed by atoms with E-state index in [0.29, 0.717) is 0 Å². The molecule has 1 heterocycles. The predicted octanol–water partition coefficient (Wildman–Crippen LogP) is 0.788. The lowest BCUT2D eigenvalue weighted by Gasteiger charge is -2.23. The topological polar surface area (TPSA) is 108 Å². The van der Waals surface area contributed by atoms with Gasteiger partial charge in [-0.25, -0.2) is 9.59 Å². The zero-order valence-electron chi connectivity index (χ0n) is 14.8. The number of carbonyl (C=O) groups excluding carboxylic acids is 4. The van der Waals surface area contributed by atoms with Crippen molar-refractivity contribution in [2.45, 2.75) is 38.1 Å². The van der Waals surface area contributed by atoms with Crippen molar-refractivity contribution in [2.75, 3.05) is 13.6 Å². The predicted molar refractivity (Wildman–Crippen MR) is 93.3 cm³/mol. The standard InChI is InChI=1S/C18H22N4O4/c1-18(13-7-6-11-4-3-5-12(11)10-13)15(24)22(17(26)21-18)9-8-14(23)20-16(25)19-2/h6-7,10H,3-5,8-9H2,1-2H3,(H,21,26)(H2,19,20,23,25)/t18-/m0/s1. The number of amides is 6. The van der Waals surface area contributed by atoms with E-state index in [0.717, 1.165) is 29.7 Å². The summed E-state index contributed by atoms with van der Waals surface area (Å²) in [6, 6.07) is 4.72. The molecule has 0 unspecified atom stereocenters. The molecule has 26 heavy (non-hydrogen) atoms. The van der Waals surface area contributed by atoms with Crippen molar-refractivity contribution in [3.8, 4) is 0 Å². The Hall–Kier alpha value is -2.90. The maximum Gasteiger partial charge on any atom is 0.325 e. The number of hydrogen-bond acceptors (Lipinski definition) is 4. The number of imide groups is 2. The monoisotopic (exact) mass is 358 g/mol. The van der Waals surface area contributed by atoms with Crippen molar-refractivity contribution in [3.63, 3.8) is 0 Å². The van der Waals surface area contributed by atoms with E-state index in [4.69, 9.17) is 0 Å². The summed E-state index contributed by atoms with van der Waals surface area (Å²) in [5, 5.41) is 7.11. The molecule has 1 aromatic carbocycles. The Morgan fingerprint density at radius 3 is 2.69 bits per heavy atom. The van der Waals surface area contributed by atoms with Gasteiger partial charge in [0.2, 0.25) is 5.91 Å². The third-order valence-corrected chi connectivity index (χ3v) is 4.99. The minimum Gasteiger partial charge on any atom is -0.341 e. The van der Waals surface area contributed by atoms with Crippen LogP contribution in [0.3, 0.4) is 0 Å². The molecule has 0 radical (unpaired) electrons. The summed E-state index contributed by atoms with van der Waals surface area (Å²) in [5.41, 5.74) is 2.10. The summed E-state index contributed by atoms with van der Waals surface area (Å²) in [6.07, 6.45) is 2.97. The van der Waals surface area contributed by atoms with Crippen LogP contribution in [0.1, 0.15) is 36.5 Å². The smallest absolute Gasteiger partial charge is 0.325 e. The number of aryl methyl sites for hydroxylation is 2. The number of nitrogens with zero attached hydrogens (tertiary/aromatic N) is 1. The molecule has 1 fully saturated rings. The maximum absolute atomic E-state index is 12.9. The van der Waals surface area contributed by atoms with Gasteiger partial charge in [-0.3, -0.25) is 19.8 Å². The Balaban J connectivity index is 1.72. The SMILES string of the molecule is CNC(=O)NC(=O)CCN1C(=O)N[C@@](C)(c2ccc3c(c2)CCC3)C1=O. The summed E-state index contributed by atoms with van der Waals surface area (Å²) < 4.78 is 0. The van der Waals surface area contributed by atoms with E-state index in [1.54, 1.807) is 6.92 Å². The van der Waals surface area contributed by atoms with Crippen LogP contribution in [0.5, 0.6) is 0 Å². The summed E-state index contributed by atoms with van der Waals surface area (Å²) >= 11 is 0. The molecule has 1 atom stereocenters. The number of nitrogens with one attached hydrogen (secondary N) is 3. The Bertz CT molecular complexity index is 791. The molecular weight excluding hydrogens is 336 g/mol. The third kappa shape index (κ3) is 3.14. The van der Waals surface area contributed by atoms with Crippen LogP contribution in [0.4, 0.5) is 9.59 Å². The van der Waals surface area contributed by atoms with Crippen LogP contribution in [0.15, 0.2) is 18.2 Å². The van der Waals surface area contributed by atoms with Crippen molar-refractivity contribution in [2.24, 2.45) is 0 Å². The normalized spacial score (nSPS) is 21.4. The highest BCUT2D eigenvalue weighted by Crippen LogP contribution is 2.32. The molecule has 3 N–H and O–H groups in total. The molecule has 1 saturated heterocycles. The van der Waals surface area contributed by atoms with Crippen LogP contribution in [0, 0.1) is 0 Å². The molecule has 2 aliphatic rings. The van der Waals surface area contributed by atoms with Gasteiger partial charge in [-0.15, -0.1) is 0 Å². The van der Waals surface area contributed by atoms with Crippen molar-refractivity contribution >= 4 is 23.9 Å². The van der Waals surface area contributed by atoms with Gasteiger partial charge in [0.1, 0.15) is 5.54 Å². The number of urea groups is 2. The minimum absolute atomic E-state index is 0.0893. The van der Waals surface area contributed by atoms with E-state index in [-0.39, 0.29) is 13.0 Å². The van der Waals surface area contributed by atoms with Crippen LogP contribution in [0.25, 0.3) is 0 Å². The van der Waals surface area contributed by atoms with Gasteiger partial charge in [0, 0.05) is 20.0 Å². The second-order valence-electron chi connectivity index (χ2n) is 6.73. The van der Waals surface area contributed by atoms with Gasteiger partial charge in [0.15, 0.2) is 0 Å². The summed E-state index contributed by atoms with van der Waals surface area (Å²) in [5.74, 6) is -0.954. The third-order valence-electron chi connectivity index (χ3n) is 4.99. The van der Waals surface area contributed by atoms with E-state index in [1.807, 2.05) is 18.2 Å². The Morgan fingerprint density at radius 1 is 1.23 bits per heavy atom. The summed E-state index contributed by atoms with van der Waals surface area (Å²) in [6.45, 7) is 1.59. The van der Waals surface area contributed by atoms with Gasteiger partial charge in [-0.2, -0.15) is 0 Å². The van der Waals surface area contributed by atoms with Crippen LogP contribution in [0.2, 0.25) is 0 Å². The van der Waals surface area contributed by atoms with Crippen LogP contribution >= 0.6 is 0 Å². The zero-order valence-corrected chi connectivity index (χ0v) is 14.8. The first-order valence-corrected chi connectivity index (χ1v) is 8.63. The number of rotatable bonds is 4. The Kier molecular flexibility index (Phi) is 4.67. The van der Waals surface area contributed by atoms with Gasteiger partial charge < -0.3 is 10.6 Å². The van der Waals surface area contributed by atoms with Crippen LogP contribution in [-0.2, 0) is 28.0 Å². The van der Waals surface area contributed by atoms with E-state index >= 15 is 0 Å². The summed E-state index contributed by atoms with van der Waals surface area (Å²) in [4.78, 5) is 49.0. The molecule has 0 bridgehead atoms. The highest BCUT2D eigenvalue weighted by atomic mass is 16.2. The van der Waals surface area contributed by atoms with Crippen LogP contribution < -0.4 is 16.0 Å². The van der Waals surface area contributed by atoms with Gasteiger partial charge in [-0.05, 0) is 42.9 Å². The number of benzene rings is 1. The van der Waals surface area contributed by atoms with Crippen LogP contribution in [-0.4, -0.2) is 42.4 Å². The first-order valence-electron chi connectivity index (χ1n) is 8.63. The zero-order chi connectivity index (χ0) is 18.9. The second-order valence-corrected chi connectivity index (χ2v) is 6.73. The highest BCUT2D eigenvalue weighted by molar-refractivity contribution is 6.07. The number of fused-ring (bicyclic) bond motifs is 1. The molecule has 1 aliphatic carbocycles. The molecule has 138 valence electrons. The summed E-state index contributed by atoms with van der Waals surface area (Å²) in [7, 11) is 1.39. The maximum atomic E-state index is 12.9. The van der Waals surface area contributed by atoms with E-state index in [1.165, 1.54) is 18.2 Å². The van der Waals surface area contributed by atoms with Gasteiger partial charge >= 0.3 is 12.1 Å². The average molecular weight is 358 g/mol. The second kappa shape index (κ2) is 6.78.